The van der Waals surface area contributed by atoms with Gasteiger partial charge in [-0.1, -0.05) is 26.0 Å². The van der Waals surface area contributed by atoms with Gasteiger partial charge in [0, 0.05) is 41.4 Å². The first-order valence-corrected chi connectivity index (χ1v) is 9.61. The highest BCUT2D eigenvalue weighted by atomic mass is 32.1. The first-order valence-electron chi connectivity index (χ1n) is 8.79. The zero-order valence-corrected chi connectivity index (χ0v) is 16.1. The van der Waals surface area contributed by atoms with E-state index in [2.05, 4.69) is 29.1 Å². The Kier molecular flexibility index (Phi) is 5.78. The van der Waals surface area contributed by atoms with Gasteiger partial charge < -0.3 is 5.32 Å². The van der Waals surface area contributed by atoms with E-state index in [1.165, 1.54) is 10.4 Å². The standard InChI is InChI=1S/C21H23N3OS/c1-14(2)16-4-6-17(7-5-16)20(25)23-13-10-19-15(3)24-21(26-19)18-8-11-22-12-9-18/h4-9,11-12,14H,10,13H2,1-3H3,(H,23,25). The van der Waals surface area contributed by atoms with Crippen molar-refractivity contribution in [3.8, 4) is 10.6 Å². The van der Waals surface area contributed by atoms with Crippen LogP contribution in [0.15, 0.2) is 48.8 Å². The summed E-state index contributed by atoms with van der Waals surface area (Å²) in [5, 5.41) is 4.00. The second kappa shape index (κ2) is 8.23. The number of nitrogens with zero attached hydrogens (tertiary/aromatic N) is 2. The molecule has 2 aromatic heterocycles. The third kappa shape index (κ3) is 4.35. The Morgan fingerprint density at radius 2 is 1.81 bits per heavy atom. The molecular formula is C21H23N3OS. The van der Waals surface area contributed by atoms with E-state index in [1.54, 1.807) is 23.7 Å². The summed E-state index contributed by atoms with van der Waals surface area (Å²) in [6, 6.07) is 11.8. The second-order valence-electron chi connectivity index (χ2n) is 6.55. The predicted molar refractivity (Wildman–Crippen MR) is 107 cm³/mol. The molecule has 0 unspecified atom stereocenters. The lowest BCUT2D eigenvalue weighted by molar-refractivity contribution is 0.0954. The Bertz CT molecular complexity index is 870. The summed E-state index contributed by atoms with van der Waals surface area (Å²) in [4.78, 5) is 22.2. The molecule has 0 aliphatic rings. The Morgan fingerprint density at radius 3 is 2.46 bits per heavy atom. The fourth-order valence-electron chi connectivity index (χ4n) is 2.69. The maximum Gasteiger partial charge on any atom is 0.251 e. The van der Waals surface area contributed by atoms with Gasteiger partial charge in [0.1, 0.15) is 5.01 Å². The molecule has 0 fully saturated rings. The minimum atomic E-state index is -0.0307. The van der Waals surface area contributed by atoms with Gasteiger partial charge in [0.05, 0.1) is 5.69 Å². The summed E-state index contributed by atoms with van der Waals surface area (Å²) >= 11 is 1.68. The van der Waals surface area contributed by atoms with Gasteiger partial charge in [-0.3, -0.25) is 9.78 Å². The lowest BCUT2D eigenvalue weighted by Crippen LogP contribution is -2.25. The van der Waals surface area contributed by atoms with E-state index < -0.39 is 0 Å². The molecule has 0 saturated heterocycles. The monoisotopic (exact) mass is 365 g/mol. The van der Waals surface area contributed by atoms with Crippen LogP contribution in [0.2, 0.25) is 0 Å². The van der Waals surface area contributed by atoms with Crippen LogP contribution in [0, 0.1) is 6.92 Å². The third-order valence-electron chi connectivity index (χ3n) is 4.30. The summed E-state index contributed by atoms with van der Waals surface area (Å²) in [5.74, 6) is 0.438. The maximum absolute atomic E-state index is 12.3. The third-order valence-corrected chi connectivity index (χ3v) is 5.56. The molecule has 0 bridgehead atoms. The van der Waals surface area contributed by atoms with E-state index in [9.17, 15) is 4.79 Å². The van der Waals surface area contributed by atoms with Crippen molar-refractivity contribution in [2.45, 2.75) is 33.1 Å². The average molecular weight is 366 g/mol. The van der Waals surface area contributed by atoms with Gasteiger partial charge in [0.15, 0.2) is 0 Å². The van der Waals surface area contributed by atoms with Gasteiger partial charge in [-0.2, -0.15) is 0 Å². The number of pyridine rings is 1. The molecule has 3 rings (SSSR count). The molecule has 1 amide bonds. The lowest BCUT2D eigenvalue weighted by atomic mass is 10.0. The van der Waals surface area contributed by atoms with E-state index in [1.807, 2.05) is 43.3 Å². The highest BCUT2D eigenvalue weighted by molar-refractivity contribution is 7.15. The van der Waals surface area contributed by atoms with Crippen LogP contribution < -0.4 is 5.32 Å². The number of hydrogen-bond donors (Lipinski definition) is 1. The van der Waals surface area contributed by atoms with Crippen LogP contribution in [0.5, 0.6) is 0 Å². The van der Waals surface area contributed by atoms with Crippen LogP contribution in [0.3, 0.4) is 0 Å². The molecular weight excluding hydrogens is 342 g/mol. The number of carbonyl (C=O) groups is 1. The predicted octanol–water partition coefficient (Wildman–Crippen LogP) is 4.61. The Morgan fingerprint density at radius 1 is 1.12 bits per heavy atom. The molecule has 0 radical (unpaired) electrons. The maximum atomic E-state index is 12.3. The number of carbonyl (C=O) groups excluding carboxylic acids is 1. The van der Waals surface area contributed by atoms with E-state index >= 15 is 0 Å². The topological polar surface area (TPSA) is 54.9 Å². The van der Waals surface area contributed by atoms with Gasteiger partial charge in [-0.15, -0.1) is 11.3 Å². The van der Waals surface area contributed by atoms with Crippen molar-refractivity contribution in [3.63, 3.8) is 0 Å². The fourth-order valence-corrected chi connectivity index (χ4v) is 3.76. The molecule has 0 atom stereocenters. The molecule has 3 aromatic rings. The van der Waals surface area contributed by atoms with Gasteiger partial charge >= 0.3 is 0 Å². The van der Waals surface area contributed by atoms with Crippen LogP contribution in [0.25, 0.3) is 10.6 Å². The quantitative estimate of drug-likeness (QED) is 0.694. The summed E-state index contributed by atoms with van der Waals surface area (Å²) in [6.45, 7) is 6.91. The number of aromatic nitrogens is 2. The number of rotatable bonds is 6. The second-order valence-corrected chi connectivity index (χ2v) is 7.63. The van der Waals surface area contributed by atoms with Gasteiger partial charge in [-0.25, -0.2) is 4.98 Å². The molecule has 134 valence electrons. The van der Waals surface area contributed by atoms with Crippen molar-refractivity contribution in [1.29, 1.82) is 0 Å². The van der Waals surface area contributed by atoms with Gasteiger partial charge in [0.2, 0.25) is 0 Å². The molecule has 26 heavy (non-hydrogen) atoms. The first kappa shape index (κ1) is 18.3. The van der Waals surface area contributed by atoms with E-state index in [0.29, 0.717) is 18.0 Å². The molecule has 2 heterocycles. The molecule has 0 saturated carbocycles. The van der Waals surface area contributed by atoms with Crippen LogP contribution in [-0.2, 0) is 6.42 Å². The normalized spacial score (nSPS) is 10.9. The van der Waals surface area contributed by atoms with Crippen molar-refractivity contribution < 1.29 is 4.79 Å². The number of benzene rings is 1. The minimum absolute atomic E-state index is 0.0307. The first-order chi connectivity index (χ1) is 12.5. The summed E-state index contributed by atoms with van der Waals surface area (Å²) in [7, 11) is 0. The van der Waals surface area contributed by atoms with Crippen molar-refractivity contribution in [3.05, 3.63) is 70.5 Å². The molecule has 0 spiro atoms. The van der Waals surface area contributed by atoms with Crippen molar-refractivity contribution in [2.75, 3.05) is 6.54 Å². The van der Waals surface area contributed by atoms with Crippen LogP contribution >= 0.6 is 11.3 Å². The lowest BCUT2D eigenvalue weighted by Gasteiger charge is -2.07. The zero-order chi connectivity index (χ0) is 18.5. The molecule has 0 aliphatic heterocycles. The summed E-state index contributed by atoms with van der Waals surface area (Å²) in [6.07, 6.45) is 4.33. The molecule has 1 N–H and O–H groups in total. The summed E-state index contributed by atoms with van der Waals surface area (Å²) < 4.78 is 0. The van der Waals surface area contributed by atoms with Crippen LogP contribution in [0.1, 0.15) is 46.3 Å². The number of aryl methyl sites for hydroxylation is 1. The molecule has 1 aromatic carbocycles. The molecule has 5 heteroatoms. The zero-order valence-electron chi connectivity index (χ0n) is 15.3. The minimum Gasteiger partial charge on any atom is -0.352 e. The number of hydrogen-bond acceptors (Lipinski definition) is 4. The summed E-state index contributed by atoms with van der Waals surface area (Å²) in [5.41, 5.74) is 4.05. The van der Waals surface area contributed by atoms with Crippen molar-refractivity contribution in [1.82, 2.24) is 15.3 Å². The fraction of sp³-hybridized carbons (Fsp3) is 0.286. The van der Waals surface area contributed by atoms with Gasteiger partial charge in [-0.05, 0) is 42.7 Å². The van der Waals surface area contributed by atoms with Crippen molar-refractivity contribution >= 4 is 17.2 Å². The smallest absolute Gasteiger partial charge is 0.251 e. The average Bonchev–Trinajstić information content (AvgIpc) is 3.03. The van der Waals surface area contributed by atoms with Crippen molar-refractivity contribution in [2.24, 2.45) is 0 Å². The molecule has 0 aliphatic carbocycles. The number of thiazole rings is 1. The number of amides is 1. The highest BCUT2D eigenvalue weighted by Crippen LogP contribution is 2.27. The van der Waals surface area contributed by atoms with E-state index in [-0.39, 0.29) is 5.91 Å². The van der Waals surface area contributed by atoms with E-state index in [4.69, 9.17) is 0 Å². The Hall–Kier alpha value is -2.53. The Labute approximate surface area is 158 Å². The Balaban J connectivity index is 1.58. The number of nitrogens with one attached hydrogen (secondary N) is 1. The SMILES string of the molecule is Cc1nc(-c2ccncc2)sc1CCNC(=O)c1ccc(C(C)C)cc1. The largest absolute Gasteiger partial charge is 0.352 e. The highest BCUT2D eigenvalue weighted by Gasteiger charge is 2.11. The van der Waals surface area contributed by atoms with E-state index in [0.717, 1.165) is 22.7 Å². The molecule has 4 nitrogen and oxygen atoms in total. The van der Waals surface area contributed by atoms with Gasteiger partial charge in [0.25, 0.3) is 5.91 Å². The van der Waals surface area contributed by atoms with Crippen LogP contribution in [0.4, 0.5) is 0 Å². The van der Waals surface area contributed by atoms with Crippen LogP contribution in [-0.4, -0.2) is 22.4 Å².